The number of hydrogen-bond acceptors (Lipinski definition) is 2. The highest BCUT2D eigenvalue weighted by atomic mass is 14.9. The van der Waals surface area contributed by atoms with Crippen LogP contribution in [0.5, 0.6) is 0 Å². The van der Waals surface area contributed by atoms with Crippen molar-refractivity contribution in [2.75, 3.05) is 0 Å². The van der Waals surface area contributed by atoms with Gasteiger partial charge in [0.2, 0.25) is 0 Å². The first-order valence-electron chi connectivity index (χ1n) is 12.5. The van der Waals surface area contributed by atoms with E-state index < -0.39 is 0 Å². The van der Waals surface area contributed by atoms with Crippen LogP contribution in [0.2, 0.25) is 0 Å². The van der Waals surface area contributed by atoms with Gasteiger partial charge in [-0.05, 0) is 66.7 Å². The van der Waals surface area contributed by atoms with E-state index in [1.165, 1.54) is 33.0 Å². The molecular formula is C32H25N3. The molecule has 3 aliphatic rings. The average Bonchev–Trinajstić information content (AvgIpc) is 3.33. The molecule has 0 bridgehead atoms. The summed E-state index contributed by atoms with van der Waals surface area (Å²) in [7, 11) is 0. The first kappa shape index (κ1) is 20.2. The molecule has 3 nitrogen and oxygen atoms in total. The second-order valence-electron chi connectivity index (χ2n) is 9.44. The number of benzene rings is 2. The van der Waals surface area contributed by atoms with Crippen molar-refractivity contribution >= 4 is 39.9 Å². The number of allylic oxidation sites excluding steroid dienone is 4. The van der Waals surface area contributed by atoms with Gasteiger partial charge in [-0.15, -0.1) is 0 Å². The highest BCUT2D eigenvalue weighted by Gasteiger charge is 2.16. The molecule has 3 heteroatoms. The molecule has 0 amide bonds. The molecule has 168 valence electrons. The van der Waals surface area contributed by atoms with Crippen LogP contribution in [0.3, 0.4) is 0 Å². The molecule has 0 saturated carbocycles. The SMILES string of the molecule is C1#CN=C(C2=CC(c3cccc(-c4nc5c(n6c4cc4ccccc46)=CCCC=5)c3)=CCC2)CC1. The zero-order chi connectivity index (χ0) is 23.2. The maximum Gasteiger partial charge on any atom is 0.0950 e. The van der Waals surface area contributed by atoms with Gasteiger partial charge in [-0.2, -0.15) is 0 Å². The standard InChI is InChI=1S/C32H25N3/c1-3-16-29-25(9-1)21-31-32(34-28-15-2-4-17-30(28)35(29)31)26-13-8-11-23(20-26)22-10-7-12-24(19-22)27-14-5-6-18-33-27/h1,3,8-11,13,15-17,19-21H,2,4-5,7,12,14H2. The molecule has 2 aromatic heterocycles. The number of fused-ring (bicyclic) bond motifs is 5. The number of para-hydroxylation sites is 1. The van der Waals surface area contributed by atoms with Gasteiger partial charge in [-0.3, -0.25) is 0 Å². The summed E-state index contributed by atoms with van der Waals surface area (Å²) in [4.78, 5) is 9.69. The van der Waals surface area contributed by atoms with Gasteiger partial charge in [0.15, 0.2) is 0 Å². The Kier molecular flexibility index (Phi) is 4.77. The summed E-state index contributed by atoms with van der Waals surface area (Å²) in [5.41, 5.74) is 9.59. The van der Waals surface area contributed by atoms with Crippen LogP contribution in [0.1, 0.15) is 44.1 Å². The van der Waals surface area contributed by atoms with Gasteiger partial charge in [-0.25, -0.2) is 9.98 Å². The molecule has 0 atom stereocenters. The first-order chi connectivity index (χ1) is 17.3. The Labute approximate surface area is 204 Å². The van der Waals surface area contributed by atoms with E-state index in [9.17, 15) is 0 Å². The highest BCUT2D eigenvalue weighted by Crippen LogP contribution is 2.32. The Morgan fingerprint density at radius 3 is 2.66 bits per heavy atom. The van der Waals surface area contributed by atoms with Crippen molar-refractivity contribution in [3.05, 3.63) is 88.6 Å². The summed E-state index contributed by atoms with van der Waals surface area (Å²) in [5, 5.41) is 3.55. The summed E-state index contributed by atoms with van der Waals surface area (Å²) >= 11 is 0. The molecule has 35 heavy (non-hydrogen) atoms. The third-order valence-corrected chi connectivity index (χ3v) is 7.24. The van der Waals surface area contributed by atoms with Gasteiger partial charge in [0.05, 0.1) is 33.1 Å². The minimum atomic E-state index is 0.908. The van der Waals surface area contributed by atoms with Crippen molar-refractivity contribution in [3.63, 3.8) is 0 Å². The molecule has 1 aliphatic heterocycles. The minimum Gasteiger partial charge on any atom is -0.306 e. The fourth-order valence-corrected chi connectivity index (χ4v) is 5.55. The lowest BCUT2D eigenvalue weighted by atomic mass is 9.90. The van der Waals surface area contributed by atoms with Crippen molar-refractivity contribution in [1.82, 2.24) is 9.38 Å². The third kappa shape index (κ3) is 3.45. The molecule has 7 rings (SSSR count). The smallest absolute Gasteiger partial charge is 0.0950 e. The van der Waals surface area contributed by atoms with E-state index in [1.807, 2.05) is 0 Å². The lowest BCUT2D eigenvalue weighted by Crippen LogP contribution is -2.36. The van der Waals surface area contributed by atoms with Crippen LogP contribution in [0.25, 0.3) is 45.4 Å². The maximum atomic E-state index is 5.20. The predicted octanol–water partition coefficient (Wildman–Crippen LogP) is 5.81. The zero-order valence-corrected chi connectivity index (χ0v) is 19.6. The van der Waals surface area contributed by atoms with E-state index in [0.29, 0.717) is 0 Å². The van der Waals surface area contributed by atoms with Crippen LogP contribution < -0.4 is 10.7 Å². The normalized spacial score (nSPS) is 16.9. The molecule has 4 aromatic rings. The van der Waals surface area contributed by atoms with Crippen LogP contribution in [0.15, 0.2) is 77.3 Å². The molecule has 0 fully saturated rings. The van der Waals surface area contributed by atoms with Crippen LogP contribution in [-0.2, 0) is 0 Å². The molecule has 0 spiro atoms. The first-order valence-corrected chi connectivity index (χ1v) is 12.5. The van der Waals surface area contributed by atoms with Gasteiger partial charge >= 0.3 is 0 Å². The van der Waals surface area contributed by atoms with Crippen LogP contribution in [0.4, 0.5) is 0 Å². The molecule has 0 radical (unpaired) electrons. The molecule has 2 aromatic carbocycles. The van der Waals surface area contributed by atoms with E-state index in [0.717, 1.165) is 66.4 Å². The van der Waals surface area contributed by atoms with Crippen LogP contribution in [-0.4, -0.2) is 15.1 Å². The van der Waals surface area contributed by atoms with Crippen molar-refractivity contribution in [2.24, 2.45) is 4.99 Å². The predicted molar refractivity (Wildman–Crippen MR) is 145 cm³/mol. The number of hydrogen-bond donors (Lipinski definition) is 0. The fraction of sp³-hybridized carbons (Fsp3) is 0.188. The van der Waals surface area contributed by atoms with E-state index in [4.69, 9.17) is 4.98 Å². The number of aliphatic imine (C=N–C) groups is 1. The number of aromatic nitrogens is 2. The van der Waals surface area contributed by atoms with Crippen molar-refractivity contribution in [2.45, 2.75) is 38.5 Å². The molecule has 0 unspecified atom stereocenters. The summed E-state index contributed by atoms with van der Waals surface area (Å²) < 4.78 is 2.40. The number of nitrogens with zero attached hydrogens (tertiary/aromatic N) is 3. The molecule has 0 saturated heterocycles. The van der Waals surface area contributed by atoms with Crippen molar-refractivity contribution in [1.29, 1.82) is 0 Å². The van der Waals surface area contributed by atoms with E-state index in [1.54, 1.807) is 0 Å². The summed E-state index contributed by atoms with van der Waals surface area (Å²) in [6.07, 6.45) is 15.3. The largest absolute Gasteiger partial charge is 0.306 e. The monoisotopic (exact) mass is 451 g/mol. The van der Waals surface area contributed by atoms with Gasteiger partial charge in [0, 0.05) is 29.8 Å². The van der Waals surface area contributed by atoms with E-state index in [2.05, 4.69) is 100 Å². The Bertz CT molecular complexity index is 1800. The van der Waals surface area contributed by atoms with Gasteiger partial charge in [0.25, 0.3) is 0 Å². The highest BCUT2D eigenvalue weighted by molar-refractivity contribution is 6.04. The van der Waals surface area contributed by atoms with Gasteiger partial charge in [0.1, 0.15) is 0 Å². The summed E-state index contributed by atoms with van der Waals surface area (Å²) in [5.74, 6) is 3.07. The van der Waals surface area contributed by atoms with Gasteiger partial charge < -0.3 is 4.40 Å². The number of rotatable bonds is 3. The van der Waals surface area contributed by atoms with E-state index >= 15 is 0 Å². The molecular weight excluding hydrogens is 426 g/mol. The quantitative estimate of drug-likeness (QED) is 0.362. The second kappa shape index (κ2) is 8.25. The lowest BCUT2D eigenvalue weighted by Gasteiger charge is -2.17. The second-order valence-corrected chi connectivity index (χ2v) is 9.44. The average molecular weight is 452 g/mol. The van der Waals surface area contributed by atoms with Crippen LogP contribution >= 0.6 is 0 Å². The Balaban J connectivity index is 1.40. The fourth-order valence-electron chi connectivity index (χ4n) is 5.55. The third-order valence-electron chi connectivity index (χ3n) is 7.24. The van der Waals surface area contributed by atoms with E-state index in [-0.39, 0.29) is 0 Å². The van der Waals surface area contributed by atoms with Gasteiger partial charge in [-0.1, -0.05) is 60.5 Å². The van der Waals surface area contributed by atoms with Crippen molar-refractivity contribution in [3.8, 4) is 23.2 Å². The molecule has 2 aliphatic carbocycles. The molecule has 0 N–H and O–H groups in total. The van der Waals surface area contributed by atoms with Crippen LogP contribution in [0, 0.1) is 12.0 Å². The Morgan fingerprint density at radius 1 is 0.800 bits per heavy atom. The Morgan fingerprint density at radius 2 is 1.71 bits per heavy atom. The molecule has 3 heterocycles. The summed E-state index contributed by atoms with van der Waals surface area (Å²) in [6.45, 7) is 0. The lowest BCUT2D eigenvalue weighted by molar-refractivity contribution is 0.984. The zero-order valence-electron chi connectivity index (χ0n) is 19.6. The maximum absolute atomic E-state index is 5.20. The van der Waals surface area contributed by atoms with Crippen molar-refractivity contribution < 1.29 is 0 Å². The minimum absolute atomic E-state index is 0.908. The Hall–Kier alpha value is -4.16. The topological polar surface area (TPSA) is 29.7 Å². The summed E-state index contributed by atoms with van der Waals surface area (Å²) in [6, 6.07) is 22.7.